The Bertz CT molecular complexity index is 1480. The van der Waals surface area contributed by atoms with Crippen molar-refractivity contribution < 1.29 is 19.1 Å². The van der Waals surface area contributed by atoms with Crippen LogP contribution in [-0.4, -0.2) is 31.3 Å². The summed E-state index contributed by atoms with van der Waals surface area (Å²) in [4.78, 5) is 44.7. The lowest BCUT2D eigenvalue weighted by atomic mass is 10.1. The summed E-state index contributed by atoms with van der Waals surface area (Å²) in [5.41, 5.74) is -1.73. The fourth-order valence-corrected chi connectivity index (χ4v) is 5.27. The number of thiophene rings is 1. The molecule has 3 heterocycles. The Balaban J connectivity index is 2.05. The first-order chi connectivity index (χ1) is 16.5. The molecule has 1 N–H and O–H groups in total. The molecule has 0 radical (unpaired) electrons. The minimum Gasteiger partial charge on any atom is -0.480 e. The van der Waals surface area contributed by atoms with E-state index in [0.29, 0.717) is 21.2 Å². The molecule has 35 heavy (non-hydrogen) atoms. The zero-order chi connectivity index (χ0) is 25.5. The number of hydrogen-bond donors (Lipinski definition) is 1. The highest BCUT2D eigenvalue weighted by molar-refractivity contribution is 7.22. The van der Waals surface area contributed by atoms with Gasteiger partial charge >= 0.3 is 11.7 Å². The molecule has 0 fully saturated rings. The second-order valence-corrected chi connectivity index (χ2v) is 10.1. The van der Waals surface area contributed by atoms with Crippen molar-refractivity contribution in [3.8, 4) is 10.8 Å². The average molecular weight is 498 g/mol. The normalized spacial score (nSPS) is 13.0. The summed E-state index contributed by atoms with van der Waals surface area (Å²) in [5, 5.41) is 10.1. The van der Waals surface area contributed by atoms with Crippen molar-refractivity contribution in [3.05, 3.63) is 74.8 Å². The van der Waals surface area contributed by atoms with E-state index in [2.05, 4.69) is 4.98 Å². The molecule has 184 valence electrons. The van der Waals surface area contributed by atoms with Gasteiger partial charge in [0.05, 0.1) is 29.1 Å². The highest BCUT2D eigenvalue weighted by Gasteiger charge is 2.36. The Kier molecular flexibility index (Phi) is 6.52. The van der Waals surface area contributed by atoms with Crippen LogP contribution in [0.2, 0.25) is 0 Å². The average Bonchev–Trinajstić information content (AvgIpc) is 3.44. The van der Waals surface area contributed by atoms with Crippen molar-refractivity contribution >= 4 is 27.5 Å². The standard InChI is InChI=1S/C25H27N3O6S/c1-14(2)34-17(16-9-7-6-8-10-16)13-27-22-18(15(3)19(35-22)20-26-11-12-33-20)21(29)28(24(27)32)25(4,5)23(30)31/h6-12,14,17H,13H2,1-5H3,(H,30,31)/t17-/m0/s1. The molecule has 0 aliphatic heterocycles. The summed E-state index contributed by atoms with van der Waals surface area (Å²) in [5.74, 6) is -0.967. The van der Waals surface area contributed by atoms with Gasteiger partial charge in [-0.2, -0.15) is 0 Å². The van der Waals surface area contributed by atoms with Crippen LogP contribution in [-0.2, 0) is 21.6 Å². The number of hydrogen-bond acceptors (Lipinski definition) is 7. The lowest BCUT2D eigenvalue weighted by Gasteiger charge is -2.26. The third kappa shape index (κ3) is 4.35. The minimum atomic E-state index is -1.78. The SMILES string of the molecule is Cc1c(-c2ncco2)sc2c1c(=O)n(C(C)(C)C(=O)O)c(=O)n2C[C@H](OC(C)C)c1ccccc1. The van der Waals surface area contributed by atoms with Crippen molar-refractivity contribution in [1.82, 2.24) is 14.1 Å². The number of aryl methyl sites for hydroxylation is 1. The molecule has 0 saturated carbocycles. The summed E-state index contributed by atoms with van der Waals surface area (Å²) in [6.07, 6.45) is 2.28. The van der Waals surface area contributed by atoms with E-state index in [9.17, 15) is 19.5 Å². The van der Waals surface area contributed by atoms with Gasteiger partial charge in [-0.25, -0.2) is 19.1 Å². The van der Waals surface area contributed by atoms with Gasteiger partial charge in [-0.1, -0.05) is 30.3 Å². The van der Waals surface area contributed by atoms with Crippen LogP contribution in [0, 0.1) is 6.92 Å². The van der Waals surface area contributed by atoms with Crippen LogP contribution < -0.4 is 11.2 Å². The molecule has 0 spiro atoms. The first-order valence-corrected chi connectivity index (χ1v) is 12.0. The van der Waals surface area contributed by atoms with Crippen LogP contribution >= 0.6 is 11.3 Å². The maximum Gasteiger partial charge on any atom is 0.333 e. The molecule has 0 aliphatic rings. The third-order valence-corrected chi connectivity index (χ3v) is 7.18. The highest BCUT2D eigenvalue weighted by Crippen LogP contribution is 2.36. The van der Waals surface area contributed by atoms with Gasteiger partial charge in [0, 0.05) is 0 Å². The molecule has 1 atom stereocenters. The first-order valence-electron chi connectivity index (χ1n) is 11.2. The molecule has 4 rings (SSSR count). The summed E-state index contributed by atoms with van der Waals surface area (Å²) in [7, 11) is 0. The molecule has 0 bridgehead atoms. The molecule has 10 heteroatoms. The molecule has 0 aliphatic carbocycles. The van der Waals surface area contributed by atoms with E-state index in [1.807, 2.05) is 44.2 Å². The predicted octanol–water partition coefficient (Wildman–Crippen LogP) is 4.17. The van der Waals surface area contributed by atoms with Gasteiger partial charge in [-0.3, -0.25) is 9.36 Å². The Hall–Kier alpha value is -3.50. The number of aliphatic carboxylic acids is 1. The molecular weight excluding hydrogens is 470 g/mol. The van der Waals surface area contributed by atoms with Gasteiger partial charge in [0.1, 0.15) is 22.7 Å². The van der Waals surface area contributed by atoms with Crippen LogP contribution in [0.1, 0.15) is 44.9 Å². The fourth-order valence-electron chi connectivity index (χ4n) is 4.02. The lowest BCUT2D eigenvalue weighted by molar-refractivity contribution is -0.146. The highest BCUT2D eigenvalue weighted by atomic mass is 32.1. The maximum absolute atomic E-state index is 13.8. The number of nitrogens with zero attached hydrogens (tertiary/aromatic N) is 3. The van der Waals surface area contributed by atoms with Gasteiger partial charge in [0.25, 0.3) is 5.56 Å². The van der Waals surface area contributed by atoms with Gasteiger partial charge in [0.15, 0.2) is 0 Å². The monoisotopic (exact) mass is 497 g/mol. The van der Waals surface area contributed by atoms with E-state index in [0.717, 1.165) is 10.1 Å². The van der Waals surface area contributed by atoms with Crippen LogP contribution in [0.5, 0.6) is 0 Å². The Morgan fingerprint density at radius 1 is 1.23 bits per heavy atom. The molecule has 0 unspecified atom stereocenters. The number of aromatic nitrogens is 3. The molecular formula is C25H27N3O6S. The lowest BCUT2D eigenvalue weighted by Crippen LogP contribution is -2.52. The van der Waals surface area contributed by atoms with Crippen LogP contribution in [0.25, 0.3) is 21.0 Å². The van der Waals surface area contributed by atoms with E-state index < -0.39 is 28.9 Å². The topological polar surface area (TPSA) is 117 Å². The van der Waals surface area contributed by atoms with E-state index >= 15 is 0 Å². The van der Waals surface area contributed by atoms with E-state index in [4.69, 9.17) is 9.15 Å². The number of fused-ring (bicyclic) bond motifs is 1. The third-order valence-electron chi connectivity index (χ3n) is 5.88. The number of carboxylic acid groups (broad SMARTS) is 1. The van der Waals surface area contributed by atoms with Crippen LogP contribution in [0.15, 0.2) is 56.8 Å². The van der Waals surface area contributed by atoms with Crippen LogP contribution in [0.3, 0.4) is 0 Å². The molecule has 0 amide bonds. The quantitative estimate of drug-likeness (QED) is 0.388. The van der Waals surface area contributed by atoms with Crippen molar-refractivity contribution in [3.63, 3.8) is 0 Å². The van der Waals surface area contributed by atoms with Gasteiger partial charge < -0.3 is 14.3 Å². The number of benzene rings is 1. The van der Waals surface area contributed by atoms with Crippen molar-refractivity contribution in [2.24, 2.45) is 0 Å². The Morgan fingerprint density at radius 3 is 2.49 bits per heavy atom. The van der Waals surface area contributed by atoms with Gasteiger partial charge in [-0.15, -0.1) is 11.3 Å². The second kappa shape index (κ2) is 9.27. The van der Waals surface area contributed by atoms with E-state index in [1.165, 1.54) is 42.2 Å². The largest absolute Gasteiger partial charge is 0.480 e. The van der Waals surface area contributed by atoms with Gasteiger partial charge in [0.2, 0.25) is 5.89 Å². The maximum atomic E-state index is 13.8. The molecule has 4 aromatic rings. The molecule has 1 aromatic carbocycles. The first kappa shape index (κ1) is 24.6. The number of carbonyl (C=O) groups is 1. The number of carboxylic acids is 1. The molecule has 9 nitrogen and oxygen atoms in total. The number of oxazole rings is 1. The van der Waals surface area contributed by atoms with Crippen LogP contribution in [0.4, 0.5) is 0 Å². The Morgan fingerprint density at radius 2 is 1.91 bits per heavy atom. The number of rotatable bonds is 8. The minimum absolute atomic E-state index is 0.0818. The van der Waals surface area contributed by atoms with E-state index in [1.54, 1.807) is 6.92 Å². The summed E-state index contributed by atoms with van der Waals surface area (Å²) >= 11 is 1.21. The summed E-state index contributed by atoms with van der Waals surface area (Å²) in [6.45, 7) is 8.30. The fraction of sp³-hybridized carbons (Fsp3) is 0.360. The molecule has 3 aromatic heterocycles. The predicted molar refractivity (Wildman–Crippen MR) is 133 cm³/mol. The summed E-state index contributed by atoms with van der Waals surface area (Å²) < 4.78 is 13.9. The van der Waals surface area contributed by atoms with Crippen molar-refractivity contribution in [1.29, 1.82) is 0 Å². The van der Waals surface area contributed by atoms with Crippen molar-refractivity contribution in [2.75, 3.05) is 0 Å². The van der Waals surface area contributed by atoms with Crippen molar-refractivity contribution in [2.45, 2.75) is 58.9 Å². The number of ether oxygens (including phenoxy) is 1. The zero-order valence-electron chi connectivity index (χ0n) is 20.1. The van der Waals surface area contributed by atoms with Gasteiger partial charge in [-0.05, 0) is 45.7 Å². The Labute approximate surface area is 205 Å². The second-order valence-electron chi connectivity index (χ2n) is 9.06. The van der Waals surface area contributed by atoms with E-state index in [-0.39, 0.29) is 18.0 Å². The molecule has 0 saturated heterocycles. The smallest absolute Gasteiger partial charge is 0.333 e. The summed E-state index contributed by atoms with van der Waals surface area (Å²) in [6, 6.07) is 9.47. The zero-order valence-corrected chi connectivity index (χ0v) is 21.0.